The molecule has 3 aromatic rings. The maximum absolute atomic E-state index is 11.7. The van der Waals surface area contributed by atoms with Crippen molar-refractivity contribution in [3.8, 4) is 11.6 Å². The van der Waals surface area contributed by atoms with E-state index in [2.05, 4.69) is 20.6 Å². The number of benzene rings is 1. The van der Waals surface area contributed by atoms with Crippen molar-refractivity contribution in [3.63, 3.8) is 0 Å². The van der Waals surface area contributed by atoms with Gasteiger partial charge in [0.25, 0.3) is 0 Å². The van der Waals surface area contributed by atoms with Crippen LogP contribution in [0.5, 0.6) is 11.6 Å². The number of aromatic nitrogens is 4. The van der Waals surface area contributed by atoms with E-state index in [9.17, 15) is 8.42 Å². The fourth-order valence-electron chi connectivity index (χ4n) is 3.09. The van der Waals surface area contributed by atoms with E-state index in [-0.39, 0.29) is 4.90 Å². The van der Waals surface area contributed by atoms with E-state index in [1.807, 2.05) is 4.68 Å². The van der Waals surface area contributed by atoms with Crippen LogP contribution in [0.4, 0.5) is 0 Å². The number of fused-ring (bicyclic) bond motifs is 1. The molecule has 9 heteroatoms. The molecular weight excluding hydrogens is 354 g/mol. The minimum atomic E-state index is -3.29. The normalized spacial score (nSPS) is 16.0. The third-order valence-corrected chi connectivity index (χ3v) is 5.55. The van der Waals surface area contributed by atoms with E-state index in [0.717, 1.165) is 37.7 Å². The maximum atomic E-state index is 11.7. The number of sulfone groups is 1. The minimum absolute atomic E-state index is 0.202. The second-order valence-electron chi connectivity index (χ2n) is 6.38. The standard InChI is InChI=1S/C17H19N5O3S/c1-26(23,24)14-4-2-3-13(9-14)25-17-10-15-16(11-19-17)22(21-20-15)12-5-7-18-8-6-12/h2-4,9-12,18H,5-8H2,1H3. The lowest BCUT2D eigenvalue weighted by atomic mass is 10.1. The van der Waals surface area contributed by atoms with Gasteiger partial charge in [0.2, 0.25) is 5.88 Å². The van der Waals surface area contributed by atoms with Crippen molar-refractivity contribution >= 4 is 20.9 Å². The molecule has 3 heterocycles. The van der Waals surface area contributed by atoms with Crippen LogP contribution < -0.4 is 10.1 Å². The van der Waals surface area contributed by atoms with Crippen molar-refractivity contribution in [2.75, 3.05) is 19.3 Å². The molecule has 2 aromatic heterocycles. The van der Waals surface area contributed by atoms with Crippen LogP contribution in [0, 0.1) is 0 Å². The molecule has 1 aliphatic rings. The third-order valence-electron chi connectivity index (χ3n) is 4.44. The molecule has 8 nitrogen and oxygen atoms in total. The number of piperidine rings is 1. The van der Waals surface area contributed by atoms with E-state index in [0.29, 0.717) is 23.2 Å². The van der Waals surface area contributed by atoms with Crippen LogP contribution in [0.1, 0.15) is 18.9 Å². The molecule has 1 N–H and O–H groups in total. The summed E-state index contributed by atoms with van der Waals surface area (Å²) in [5.41, 5.74) is 1.57. The van der Waals surface area contributed by atoms with Gasteiger partial charge in [-0.25, -0.2) is 18.1 Å². The summed E-state index contributed by atoms with van der Waals surface area (Å²) in [4.78, 5) is 4.54. The highest BCUT2D eigenvalue weighted by atomic mass is 32.2. The monoisotopic (exact) mass is 373 g/mol. The van der Waals surface area contributed by atoms with Crippen molar-refractivity contribution < 1.29 is 13.2 Å². The summed E-state index contributed by atoms with van der Waals surface area (Å²) < 4.78 is 31.0. The smallest absolute Gasteiger partial charge is 0.221 e. The Hall–Kier alpha value is -2.52. The van der Waals surface area contributed by atoms with Gasteiger partial charge >= 0.3 is 0 Å². The van der Waals surface area contributed by atoms with Crippen LogP contribution in [0.25, 0.3) is 11.0 Å². The number of hydrogen-bond donors (Lipinski definition) is 1. The molecule has 0 atom stereocenters. The molecule has 26 heavy (non-hydrogen) atoms. The van der Waals surface area contributed by atoms with Gasteiger partial charge < -0.3 is 10.1 Å². The molecule has 0 bridgehead atoms. The van der Waals surface area contributed by atoms with Crippen LogP contribution in [0.2, 0.25) is 0 Å². The Balaban J connectivity index is 1.60. The molecule has 0 spiro atoms. The zero-order valence-electron chi connectivity index (χ0n) is 14.3. The molecule has 4 rings (SSSR count). The Bertz CT molecular complexity index is 1040. The van der Waals surface area contributed by atoms with E-state index in [1.165, 1.54) is 12.1 Å². The summed E-state index contributed by atoms with van der Waals surface area (Å²) in [6.45, 7) is 1.94. The molecule has 0 aliphatic carbocycles. The topological polar surface area (TPSA) is 99.0 Å². The highest BCUT2D eigenvalue weighted by Gasteiger charge is 2.19. The second kappa shape index (κ2) is 6.65. The van der Waals surface area contributed by atoms with Crippen molar-refractivity contribution in [3.05, 3.63) is 36.5 Å². The fraction of sp³-hybridized carbons (Fsp3) is 0.353. The van der Waals surface area contributed by atoms with Crippen LogP contribution in [-0.2, 0) is 9.84 Å². The summed E-state index contributed by atoms with van der Waals surface area (Å²) in [6.07, 6.45) is 4.88. The molecule has 1 aromatic carbocycles. The summed E-state index contributed by atoms with van der Waals surface area (Å²) in [5.74, 6) is 0.756. The van der Waals surface area contributed by atoms with Crippen LogP contribution in [0.3, 0.4) is 0 Å². The number of hydrogen-bond acceptors (Lipinski definition) is 7. The number of ether oxygens (including phenoxy) is 1. The summed E-state index contributed by atoms with van der Waals surface area (Å²) in [6, 6.07) is 8.37. The molecule has 0 saturated carbocycles. The van der Waals surface area contributed by atoms with Crippen molar-refractivity contribution in [2.45, 2.75) is 23.8 Å². The highest BCUT2D eigenvalue weighted by Crippen LogP contribution is 2.27. The van der Waals surface area contributed by atoms with E-state index < -0.39 is 9.84 Å². The number of pyridine rings is 1. The van der Waals surface area contributed by atoms with Gasteiger partial charge in [0.15, 0.2) is 9.84 Å². The molecule has 0 amide bonds. The van der Waals surface area contributed by atoms with Gasteiger partial charge in [-0.05, 0) is 44.1 Å². The molecular formula is C17H19N5O3S. The number of nitrogens with zero attached hydrogens (tertiary/aromatic N) is 4. The average Bonchev–Trinajstić information content (AvgIpc) is 3.05. The molecule has 136 valence electrons. The van der Waals surface area contributed by atoms with Crippen molar-refractivity contribution in [1.82, 2.24) is 25.3 Å². The Morgan fingerprint density at radius 3 is 2.81 bits per heavy atom. The first kappa shape index (κ1) is 16.9. The fourth-order valence-corrected chi connectivity index (χ4v) is 3.74. The van der Waals surface area contributed by atoms with Gasteiger partial charge in [-0.1, -0.05) is 11.3 Å². The van der Waals surface area contributed by atoms with Crippen LogP contribution in [-0.4, -0.2) is 47.7 Å². The summed E-state index contributed by atoms with van der Waals surface area (Å²) in [5, 5.41) is 11.8. The number of nitrogens with one attached hydrogen (secondary N) is 1. The zero-order chi connectivity index (χ0) is 18.1. The lowest BCUT2D eigenvalue weighted by Crippen LogP contribution is -2.29. The quantitative estimate of drug-likeness (QED) is 0.746. The molecule has 0 radical (unpaired) electrons. The van der Waals surface area contributed by atoms with Gasteiger partial charge in [0.05, 0.1) is 17.1 Å². The van der Waals surface area contributed by atoms with Gasteiger partial charge in [-0.15, -0.1) is 5.10 Å². The summed E-state index contributed by atoms with van der Waals surface area (Å²) in [7, 11) is -3.29. The molecule has 1 fully saturated rings. The van der Waals surface area contributed by atoms with Crippen LogP contribution in [0.15, 0.2) is 41.4 Å². The molecule has 1 saturated heterocycles. The third kappa shape index (κ3) is 3.40. The SMILES string of the molecule is CS(=O)(=O)c1cccc(Oc2cc3nnn(C4CCNCC4)c3cn2)c1. The molecule has 1 aliphatic heterocycles. The minimum Gasteiger partial charge on any atom is -0.439 e. The maximum Gasteiger partial charge on any atom is 0.221 e. The summed E-state index contributed by atoms with van der Waals surface area (Å²) >= 11 is 0. The molecule has 0 unspecified atom stereocenters. The predicted molar refractivity (Wildman–Crippen MR) is 96.1 cm³/mol. The van der Waals surface area contributed by atoms with Crippen molar-refractivity contribution in [2.24, 2.45) is 0 Å². The highest BCUT2D eigenvalue weighted by molar-refractivity contribution is 7.90. The van der Waals surface area contributed by atoms with Gasteiger partial charge in [0.1, 0.15) is 16.8 Å². The Morgan fingerprint density at radius 1 is 1.23 bits per heavy atom. The lowest BCUT2D eigenvalue weighted by Gasteiger charge is -2.22. The van der Waals surface area contributed by atoms with E-state index >= 15 is 0 Å². The second-order valence-corrected chi connectivity index (χ2v) is 8.39. The van der Waals surface area contributed by atoms with Gasteiger partial charge in [-0.3, -0.25) is 0 Å². The Labute approximate surface area is 151 Å². The first-order valence-electron chi connectivity index (χ1n) is 8.40. The van der Waals surface area contributed by atoms with Crippen LogP contribution >= 0.6 is 0 Å². The Morgan fingerprint density at radius 2 is 2.04 bits per heavy atom. The Kier molecular flexibility index (Phi) is 4.33. The van der Waals surface area contributed by atoms with Gasteiger partial charge in [0, 0.05) is 12.3 Å². The van der Waals surface area contributed by atoms with E-state index in [1.54, 1.807) is 24.4 Å². The lowest BCUT2D eigenvalue weighted by molar-refractivity contribution is 0.345. The van der Waals surface area contributed by atoms with Crippen molar-refractivity contribution in [1.29, 1.82) is 0 Å². The zero-order valence-corrected chi connectivity index (χ0v) is 15.1. The first-order chi connectivity index (χ1) is 12.5. The first-order valence-corrected chi connectivity index (χ1v) is 10.3. The number of rotatable bonds is 4. The van der Waals surface area contributed by atoms with E-state index in [4.69, 9.17) is 4.74 Å². The van der Waals surface area contributed by atoms with Gasteiger partial charge in [-0.2, -0.15) is 0 Å². The average molecular weight is 373 g/mol. The largest absolute Gasteiger partial charge is 0.439 e. The predicted octanol–water partition coefficient (Wildman–Crippen LogP) is 1.95.